The normalized spacial score (nSPS) is 14.2. The minimum atomic E-state index is -1.09. The Labute approximate surface area is 206 Å². The fourth-order valence-corrected chi connectivity index (χ4v) is 4.20. The lowest BCUT2D eigenvalue weighted by molar-refractivity contribution is -0.156. The van der Waals surface area contributed by atoms with E-state index in [0.717, 1.165) is 22.3 Å². The molecule has 7 heteroatoms. The molecule has 0 heterocycles. The molecule has 0 aromatic heterocycles. The molecule has 2 atom stereocenters. The molecule has 0 spiro atoms. The lowest BCUT2D eigenvalue weighted by Gasteiger charge is -2.25. The summed E-state index contributed by atoms with van der Waals surface area (Å²) in [6.45, 7) is 10.6. The van der Waals surface area contributed by atoms with Crippen LogP contribution in [0.25, 0.3) is 11.1 Å². The summed E-state index contributed by atoms with van der Waals surface area (Å²) in [5, 5.41) is 2.59. The molecular formula is C28H33NO6. The van der Waals surface area contributed by atoms with Crippen molar-refractivity contribution in [3.05, 3.63) is 72.3 Å². The largest absolute Gasteiger partial charge is 0.460 e. The van der Waals surface area contributed by atoms with Crippen molar-refractivity contribution in [3.63, 3.8) is 0 Å². The van der Waals surface area contributed by atoms with E-state index in [1.807, 2.05) is 36.4 Å². The first-order valence-corrected chi connectivity index (χ1v) is 11.7. The Bertz CT molecular complexity index is 1040. The minimum Gasteiger partial charge on any atom is -0.460 e. The van der Waals surface area contributed by atoms with Crippen molar-refractivity contribution in [2.45, 2.75) is 51.7 Å². The van der Waals surface area contributed by atoms with Crippen LogP contribution in [0.15, 0.2) is 61.2 Å². The number of nitrogens with one attached hydrogen (secondary N) is 1. The Morgan fingerprint density at radius 3 is 2.11 bits per heavy atom. The summed E-state index contributed by atoms with van der Waals surface area (Å²) < 4.78 is 16.1. The van der Waals surface area contributed by atoms with Crippen molar-refractivity contribution >= 4 is 18.0 Å². The van der Waals surface area contributed by atoms with E-state index in [1.54, 1.807) is 27.7 Å². The number of benzene rings is 2. The molecule has 1 unspecified atom stereocenters. The topological polar surface area (TPSA) is 90.9 Å². The van der Waals surface area contributed by atoms with Gasteiger partial charge < -0.3 is 19.5 Å². The maximum atomic E-state index is 12.8. The van der Waals surface area contributed by atoms with E-state index in [4.69, 9.17) is 14.2 Å². The minimum absolute atomic E-state index is 0.0130. The lowest BCUT2D eigenvalue weighted by atomic mass is 9.98. The summed E-state index contributed by atoms with van der Waals surface area (Å²) in [7, 11) is 0. The van der Waals surface area contributed by atoms with E-state index in [2.05, 4.69) is 24.0 Å². The predicted octanol–water partition coefficient (Wildman–Crippen LogP) is 4.99. The molecule has 0 radical (unpaired) electrons. The Hall–Kier alpha value is -3.61. The van der Waals surface area contributed by atoms with Gasteiger partial charge in [0.25, 0.3) is 0 Å². The number of carbonyl (C=O) groups excluding carboxylic acids is 3. The van der Waals surface area contributed by atoms with Crippen LogP contribution in [0, 0.1) is 5.92 Å². The van der Waals surface area contributed by atoms with E-state index in [0.29, 0.717) is 0 Å². The molecule has 0 saturated heterocycles. The van der Waals surface area contributed by atoms with Crippen molar-refractivity contribution < 1.29 is 28.6 Å². The molecule has 2 aromatic carbocycles. The molecule has 186 valence electrons. The molecule has 3 rings (SSSR count). The van der Waals surface area contributed by atoms with Crippen LogP contribution in [0.4, 0.5) is 4.79 Å². The molecule has 1 N–H and O–H groups in total. The summed E-state index contributed by atoms with van der Waals surface area (Å²) >= 11 is 0. The number of hydrogen-bond donors (Lipinski definition) is 1. The van der Waals surface area contributed by atoms with E-state index >= 15 is 0 Å². The number of hydrogen-bond acceptors (Lipinski definition) is 6. The molecule has 2 aromatic rings. The maximum Gasteiger partial charge on any atom is 0.407 e. The molecule has 1 aliphatic carbocycles. The Balaban J connectivity index is 1.68. The van der Waals surface area contributed by atoms with Crippen molar-refractivity contribution in [1.82, 2.24) is 5.32 Å². The van der Waals surface area contributed by atoms with E-state index < -0.39 is 35.6 Å². The Kier molecular flexibility index (Phi) is 8.33. The van der Waals surface area contributed by atoms with Gasteiger partial charge in [0.2, 0.25) is 0 Å². The van der Waals surface area contributed by atoms with E-state index in [9.17, 15) is 14.4 Å². The van der Waals surface area contributed by atoms with Crippen LogP contribution in [0.5, 0.6) is 0 Å². The maximum absolute atomic E-state index is 12.8. The van der Waals surface area contributed by atoms with Crippen molar-refractivity contribution in [2.75, 3.05) is 13.2 Å². The Morgan fingerprint density at radius 1 is 1.00 bits per heavy atom. The zero-order chi connectivity index (χ0) is 25.6. The molecule has 0 aliphatic heterocycles. The number of esters is 2. The summed E-state index contributed by atoms with van der Waals surface area (Å²) in [5.41, 5.74) is 3.75. The Morgan fingerprint density at radius 2 is 1.57 bits per heavy atom. The molecule has 0 fully saturated rings. The number of ether oxygens (including phenoxy) is 3. The van der Waals surface area contributed by atoms with Crippen LogP contribution in [-0.2, 0) is 23.8 Å². The van der Waals surface area contributed by atoms with Crippen molar-refractivity contribution in [2.24, 2.45) is 5.92 Å². The smallest absolute Gasteiger partial charge is 0.407 e. The molecule has 1 amide bonds. The highest BCUT2D eigenvalue weighted by atomic mass is 16.6. The van der Waals surface area contributed by atoms with Gasteiger partial charge in [0, 0.05) is 5.92 Å². The number of amides is 1. The molecule has 0 saturated carbocycles. The molecule has 7 nitrogen and oxygen atoms in total. The van der Waals surface area contributed by atoms with E-state index in [1.165, 1.54) is 6.08 Å². The SMILES string of the molecule is C=CCOC(=O)C(NC(=O)OCC1c2ccccc2-c2ccccc21)[C@H](C)CC(=O)OC(C)(C)C. The van der Waals surface area contributed by atoms with Crippen LogP contribution in [0.3, 0.4) is 0 Å². The zero-order valence-corrected chi connectivity index (χ0v) is 20.7. The second-order valence-electron chi connectivity index (χ2n) is 9.63. The van der Waals surface area contributed by atoms with Gasteiger partial charge in [-0.2, -0.15) is 0 Å². The van der Waals surface area contributed by atoms with Gasteiger partial charge in [0.05, 0.1) is 6.42 Å². The van der Waals surface area contributed by atoms with Crippen LogP contribution < -0.4 is 5.32 Å². The average molecular weight is 480 g/mol. The summed E-state index contributed by atoms with van der Waals surface area (Å²) in [6, 6.07) is 15.0. The van der Waals surface area contributed by atoms with Crippen LogP contribution in [0.1, 0.15) is 51.2 Å². The molecule has 35 heavy (non-hydrogen) atoms. The van der Waals surface area contributed by atoms with E-state index in [-0.39, 0.29) is 25.6 Å². The fourth-order valence-electron chi connectivity index (χ4n) is 4.20. The van der Waals surface area contributed by atoms with Gasteiger partial charge in [-0.25, -0.2) is 9.59 Å². The third kappa shape index (κ3) is 6.72. The summed E-state index contributed by atoms with van der Waals surface area (Å²) in [6.07, 6.45) is 0.596. The van der Waals surface area contributed by atoms with Crippen LogP contribution in [0.2, 0.25) is 0 Å². The van der Waals surface area contributed by atoms with Gasteiger partial charge >= 0.3 is 18.0 Å². The van der Waals surface area contributed by atoms with Gasteiger partial charge in [0.15, 0.2) is 0 Å². The number of fused-ring (bicyclic) bond motifs is 3. The van der Waals surface area contributed by atoms with Crippen molar-refractivity contribution in [3.8, 4) is 11.1 Å². The fraction of sp³-hybridized carbons (Fsp3) is 0.393. The summed E-state index contributed by atoms with van der Waals surface area (Å²) in [5.74, 6) is -1.84. The van der Waals surface area contributed by atoms with Gasteiger partial charge in [-0.1, -0.05) is 68.1 Å². The number of alkyl carbamates (subject to hydrolysis) is 1. The average Bonchev–Trinajstić information content (AvgIpc) is 3.12. The first-order valence-electron chi connectivity index (χ1n) is 11.7. The molecule has 1 aliphatic rings. The zero-order valence-electron chi connectivity index (χ0n) is 20.7. The van der Waals surface area contributed by atoms with Gasteiger partial charge in [-0.15, -0.1) is 0 Å². The van der Waals surface area contributed by atoms with Crippen LogP contribution >= 0.6 is 0 Å². The highest BCUT2D eigenvalue weighted by molar-refractivity contribution is 5.83. The number of carbonyl (C=O) groups is 3. The number of rotatable bonds is 9. The monoisotopic (exact) mass is 479 g/mol. The van der Waals surface area contributed by atoms with Gasteiger partial charge in [-0.05, 0) is 48.9 Å². The lowest BCUT2D eigenvalue weighted by Crippen LogP contribution is -2.47. The highest BCUT2D eigenvalue weighted by Crippen LogP contribution is 2.44. The predicted molar refractivity (Wildman–Crippen MR) is 133 cm³/mol. The molecular weight excluding hydrogens is 446 g/mol. The highest BCUT2D eigenvalue weighted by Gasteiger charge is 2.33. The second-order valence-corrected chi connectivity index (χ2v) is 9.63. The standard InChI is InChI=1S/C28H33NO6/c1-6-15-33-26(31)25(18(2)16-24(30)35-28(3,4)5)29-27(32)34-17-23-21-13-9-7-11-19(21)20-12-8-10-14-22(20)23/h6-14,18,23,25H,1,15-17H2,2-5H3,(H,29,32)/t18-,25?/m1/s1. The first kappa shape index (κ1) is 26.0. The van der Waals surface area contributed by atoms with Gasteiger partial charge in [-0.3, -0.25) is 4.79 Å². The first-order chi connectivity index (χ1) is 16.6. The molecule has 0 bridgehead atoms. The second kappa shape index (κ2) is 11.2. The summed E-state index contributed by atoms with van der Waals surface area (Å²) in [4.78, 5) is 37.7. The third-order valence-electron chi connectivity index (χ3n) is 5.69. The van der Waals surface area contributed by atoms with Gasteiger partial charge in [0.1, 0.15) is 24.9 Å². The third-order valence-corrected chi connectivity index (χ3v) is 5.69. The van der Waals surface area contributed by atoms with Crippen molar-refractivity contribution in [1.29, 1.82) is 0 Å². The van der Waals surface area contributed by atoms with Crippen LogP contribution in [-0.4, -0.2) is 42.9 Å². The quantitative estimate of drug-likeness (QED) is 0.310.